The van der Waals surface area contributed by atoms with Gasteiger partial charge in [-0.3, -0.25) is 9.89 Å². The number of nitrogens with zero attached hydrogens (tertiary/aromatic N) is 4. The number of hydrogen-bond donors (Lipinski definition) is 2. The SMILES string of the molecule is CCNC(=NCC(c1ccco1)N1CCCCC1)NCCCc1nc(C)no1.I. The first-order valence-electron chi connectivity index (χ1n) is 10.3. The topological polar surface area (TPSA) is 91.7 Å². The van der Waals surface area contributed by atoms with Crippen molar-refractivity contribution in [3.05, 3.63) is 35.9 Å². The van der Waals surface area contributed by atoms with Gasteiger partial charge >= 0.3 is 0 Å². The normalized spacial score (nSPS) is 16.3. The van der Waals surface area contributed by atoms with Gasteiger partial charge in [0.05, 0.1) is 18.8 Å². The summed E-state index contributed by atoms with van der Waals surface area (Å²) in [7, 11) is 0. The van der Waals surface area contributed by atoms with Crippen molar-refractivity contribution in [2.45, 2.75) is 52.0 Å². The first-order valence-corrected chi connectivity index (χ1v) is 10.3. The molecule has 3 heterocycles. The molecule has 0 amide bonds. The highest BCUT2D eigenvalue weighted by Gasteiger charge is 2.24. The van der Waals surface area contributed by atoms with Crippen LogP contribution in [0.25, 0.3) is 0 Å². The number of nitrogens with one attached hydrogen (secondary N) is 2. The van der Waals surface area contributed by atoms with Gasteiger partial charge in [0.15, 0.2) is 11.8 Å². The predicted molar refractivity (Wildman–Crippen MR) is 124 cm³/mol. The Balaban J connectivity index is 0.00000300. The predicted octanol–water partition coefficient (Wildman–Crippen LogP) is 3.30. The highest BCUT2D eigenvalue weighted by atomic mass is 127. The largest absolute Gasteiger partial charge is 0.468 e. The second kappa shape index (κ2) is 12.8. The molecule has 1 unspecified atom stereocenters. The Labute approximate surface area is 189 Å². The fourth-order valence-electron chi connectivity index (χ4n) is 3.50. The number of rotatable bonds is 9. The molecule has 0 radical (unpaired) electrons. The van der Waals surface area contributed by atoms with Crippen molar-refractivity contribution < 1.29 is 8.94 Å². The Hall–Kier alpha value is -1.62. The van der Waals surface area contributed by atoms with Gasteiger partial charge in [0.25, 0.3) is 0 Å². The van der Waals surface area contributed by atoms with Crippen molar-refractivity contribution in [3.63, 3.8) is 0 Å². The molecule has 0 bridgehead atoms. The van der Waals surface area contributed by atoms with Crippen molar-refractivity contribution in [2.24, 2.45) is 4.99 Å². The second-order valence-electron chi connectivity index (χ2n) is 7.11. The highest BCUT2D eigenvalue weighted by molar-refractivity contribution is 14.0. The van der Waals surface area contributed by atoms with Gasteiger partial charge < -0.3 is 19.6 Å². The summed E-state index contributed by atoms with van der Waals surface area (Å²) >= 11 is 0. The van der Waals surface area contributed by atoms with Gasteiger partial charge in [-0.05, 0) is 58.3 Å². The maximum atomic E-state index is 5.72. The van der Waals surface area contributed by atoms with E-state index in [1.54, 1.807) is 6.26 Å². The molecule has 3 rings (SSSR count). The number of aryl methyl sites for hydroxylation is 2. The Bertz CT molecular complexity index is 712. The zero-order valence-corrected chi connectivity index (χ0v) is 19.7. The Kier molecular flexibility index (Phi) is 10.5. The van der Waals surface area contributed by atoms with Crippen LogP contribution in [-0.2, 0) is 6.42 Å². The third-order valence-electron chi connectivity index (χ3n) is 4.90. The van der Waals surface area contributed by atoms with Crippen LogP contribution in [0.3, 0.4) is 0 Å². The molecule has 2 aromatic heterocycles. The Morgan fingerprint density at radius 1 is 1.28 bits per heavy atom. The third-order valence-corrected chi connectivity index (χ3v) is 4.90. The number of piperidine rings is 1. The highest BCUT2D eigenvalue weighted by Crippen LogP contribution is 2.25. The molecule has 0 aliphatic carbocycles. The maximum Gasteiger partial charge on any atom is 0.226 e. The average Bonchev–Trinajstić information content (AvgIpc) is 3.38. The molecule has 0 aromatic carbocycles. The lowest BCUT2D eigenvalue weighted by Crippen LogP contribution is -2.40. The molecule has 1 aliphatic heterocycles. The molecule has 0 saturated carbocycles. The summed E-state index contributed by atoms with van der Waals surface area (Å²) in [6, 6.07) is 4.20. The van der Waals surface area contributed by atoms with Crippen molar-refractivity contribution in [3.8, 4) is 0 Å². The minimum absolute atomic E-state index is 0. The van der Waals surface area contributed by atoms with Crippen LogP contribution in [-0.4, -0.2) is 53.7 Å². The standard InChI is InChI=1S/C20H32N6O2.HI/c1-3-21-20(22-11-7-10-19-24-16(2)25-28-19)23-15-17(18-9-8-14-27-18)26-12-5-4-6-13-26;/h8-9,14,17H,3-7,10-13,15H2,1-2H3,(H2,21,22,23);1H. The lowest BCUT2D eigenvalue weighted by atomic mass is 10.1. The number of likely N-dealkylation sites (tertiary alicyclic amines) is 1. The van der Waals surface area contributed by atoms with E-state index in [0.29, 0.717) is 18.3 Å². The molecule has 1 fully saturated rings. The number of aromatic nitrogens is 2. The molecule has 1 saturated heterocycles. The van der Waals surface area contributed by atoms with Crippen LogP contribution in [0.2, 0.25) is 0 Å². The molecule has 29 heavy (non-hydrogen) atoms. The van der Waals surface area contributed by atoms with E-state index in [0.717, 1.165) is 50.7 Å². The minimum atomic E-state index is 0. The summed E-state index contributed by atoms with van der Waals surface area (Å²) in [4.78, 5) is 11.6. The molecule has 0 spiro atoms. The van der Waals surface area contributed by atoms with E-state index in [1.165, 1.54) is 19.3 Å². The van der Waals surface area contributed by atoms with Gasteiger partial charge in [-0.1, -0.05) is 11.6 Å². The van der Waals surface area contributed by atoms with E-state index in [-0.39, 0.29) is 30.0 Å². The summed E-state index contributed by atoms with van der Waals surface area (Å²) in [5, 5.41) is 10.5. The number of hydrogen-bond acceptors (Lipinski definition) is 6. The first kappa shape index (κ1) is 23.7. The summed E-state index contributed by atoms with van der Waals surface area (Å²) in [6.07, 6.45) is 7.21. The smallest absolute Gasteiger partial charge is 0.226 e. The molecular weight excluding hydrogens is 483 g/mol. The molecule has 2 N–H and O–H groups in total. The van der Waals surface area contributed by atoms with Crippen LogP contribution in [0.5, 0.6) is 0 Å². The lowest BCUT2D eigenvalue weighted by molar-refractivity contribution is 0.150. The van der Waals surface area contributed by atoms with Gasteiger partial charge in [0.1, 0.15) is 5.76 Å². The van der Waals surface area contributed by atoms with Crippen LogP contribution < -0.4 is 10.6 Å². The van der Waals surface area contributed by atoms with Gasteiger partial charge in [0.2, 0.25) is 5.89 Å². The van der Waals surface area contributed by atoms with Crippen molar-refractivity contribution in [1.29, 1.82) is 0 Å². The fraction of sp³-hybridized carbons (Fsp3) is 0.650. The molecule has 2 aromatic rings. The van der Waals surface area contributed by atoms with Crippen molar-refractivity contribution in [2.75, 3.05) is 32.7 Å². The van der Waals surface area contributed by atoms with Crippen molar-refractivity contribution in [1.82, 2.24) is 25.7 Å². The van der Waals surface area contributed by atoms with Gasteiger partial charge in [-0.2, -0.15) is 4.98 Å². The van der Waals surface area contributed by atoms with Crippen molar-refractivity contribution >= 4 is 29.9 Å². The summed E-state index contributed by atoms with van der Waals surface area (Å²) < 4.78 is 10.9. The Morgan fingerprint density at radius 3 is 2.76 bits per heavy atom. The maximum absolute atomic E-state index is 5.72. The monoisotopic (exact) mass is 516 g/mol. The zero-order valence-electron chi connectivity index (χ0n) is 17.4. The van der Waals surface area contributed by atoms with Crippen LogP contribution in [0.4, 0.5) is 0 Å². The molecule has 1 aliphatic rings. The molecule has 162 valence electrons. The average molecular weight is 516 g/mol. The zero-order chi connectivity index (χ0) is 19.6. The van der Waals surface area contributed by atoms with E-state index in [2.05, 4.69) is 38.7 Å². The number of halogens is 1. The summed E-state index contributed by atoms with van der Waals surface area (Å²) in [5.74, 6) is 3.19. The van der Waals surface area contributed by atoms with Crippen LogP contribution in [0, 0.1) is 6.92 Å². The van der Waals surface area contributed by atoms with Gasteiger partial charge in [-0.25, -0.2) is 0 Å². The van der Waals surface area contributed by atoms with E-state index < -0.39 is 0 Å². The fourth-order valence-corrected chi connectivity index (χ4v) is 3.50. The number of aliphatic imine (C=N–C) groups is 1. The Morgan fingerprint density at radius 2 is 2.10 bits per heavy atom. The van der Waals surface area contributed by atoms with E-state index in [1.807, 2.05) is 13.0 Å². The van der Waals surface area contributed by atoms with E-state index >= 15 is 0 Å². The van der Waals surface area contributed by atoms with Crippen LogP contribution in [0.1, 0.15) is 56.1 Å². The molecule has 1 atom stereocenters. The van der Waals surface area contributed by atoms with Gasteiger partial charge in [0, 0.05) is 19.5 Å². The minimum Gasteiger partial charge on any atom is -0.468 e. The molecule has 8 nitrogen and oxygen atoms in total. The van der Waals surface area contributed by atoms with E-state index in [4.69, 9.17) is 13.9 Å². The van der Waals surface area contributed by atoms with Crippen LogP contribution >= 0.6 is 24.0 Å². The molecule has 9 heteroatoms. The van der Waals surface area contributed by atoms with E-state index in [9.17, 15) is 0 Å². The number of furan rings is 1. The first-order chi connectivity index (χ1) is 13.8. The van der Waals surface area contributed by atoms with Crippen LogP contribution in [0.15, 0.2) is 32.3 Å². The number of guanidine groups is 1. The lowest BCUT2D eigenvalue weighted by Gasteiger charge is -2.32. The second-order valence-corrected chi connectivity index (χ2v) is 7.11. The summed E-state index contributed by atoms with van der Waals surface area (Å²) in [6.45, 7) is 8.41. The third kappa shape index (κ3) is 7.61. The quantitative estimate of drug-likeness (QED) is 0.229. The summed E-state index contributed by atoms with van der Waals surface area (Å²) in [5.41, 5.74) is 0. The molecular formula is C20H33IN6O2. The van der Waals surface area contributed by atoms with Gasteiger partial charge in [-0.15, -0.1) is 24.0 Å².